The molecule has 0 unspecified atom stereocenters. The molecule has 0 radical (unpaired) electrons. The molecule has 0 aliphatic heterocycles. The fraction of sp³-hybridized carbons (Fsp3) is 0.0833. The van der Waals surface area contributed by atoms with Gasteiger partial charge in [-0.05, 0) is 24.3 Å². The van der Waals surface area contributed by atoms with E-state index in [4.69, 9.17) is 22.2 Å². The van der Waals surface area contributed by atoms with E-state index in [1.807, 2.05) is 18.2 Å². The normalized spacial score (nSPS) is 10.2. The zero-order valence-corrected chi connectivity index (χ0v) is 11.7. The van der Waals surface area contributed by atoms with E-state index in [1.165, 1.54) is 0 Å². The monoisotopic (exact) mass is 327 g/mol. The lowest BCUT2D eigenvalue weighted by atomic mass is 10.3. The molecule has 0 amide bonds. The second kappa shape index (κ2) is 6.04. The molecule has 0 spiro atoms. The Labute approximate surface area is 118 Å². The molecule has 2 aromatic rings. The largest absolute Gasteiger partial charge is 0.487 e. The van der Waals surface area contributed by atoms with E-state index in [0.717, 1.165) is 10.0 Å². The average Bonchev–Trinajstić information content (AvgIpc) is 2.40. The number of nitrogens with two attached hydrogens (primary N) is 1. The lowest BCUT2D eigenvalue weighted by Gasteiger charge is -2.08. The molecule has 1 heterocycles. The Bertz CT molecular complexity index is 533. The van der Waals surface area contributed by atoms with Crippen LogP contribution in [0.2, 0.25) is 5.02 Å². The first kappa shape index (κ1) is 13.1. The van der Waals surface area contributed by atoms with Gasteiger partial charge in [0.1, 0.15) is 18.2 Å². The maximum Gasteiger partial charge on any atom is 0.139 e. The van der Waals surface area contributed by atoms with Crippen LogP contribution in [0.5, 0.6) is 5.75 Å². The van der Waals surface area contributed by atoms with Crippen molar-refractivity contribution >= 4 is 33.3 Å². The number of pyridine rings is 1. The number of hydrogen-bond acceptors (Lipinski definition) is 4. The summed E-state index contributed by atoms with van der Waals surface area (Å²) in [4.78, 5) is 4.09. The van der Waals surface area contributed by atoms with Crippen molar-refractivity contribution in [1.29, 1.82) is 0 Å². The number of aromatic nitrogens is 1. The number of halogens is 2. The SMILES string of the molecule is NNc1ccc(COc2cc(Br)ccc2Cl)cn1. The Hall–Kier alpha value is -1.30. The number of hydrogen-bond donors (Lipinski definition) is 2. The van der Waals surface area contributed by atoms with Crippen LogP contribution < -0.4 is 16.0 Å². The van der Waals surface area contributed by atoms with Crippen molar-refractivity contribution in [2.75, 3.05) is 5.43 Å². The number of rotatable bonds is 4. The van der Waals surface area contributed by atoms with E-state index in [1.54, 1.807) is 18.3 Å². The van der Waals surface area contributed by atoms with Crippen LogP contribution >= 0.6 is 27.5 Å². The molecule has 0 aliphatic carbocycles. The molecule has 0 saturated heterocycles. The molecule has 0 fully saturated rings. The van der Waals surface area contributed by atoms with Crippen molar-refractivity contribution in [1.82, 2.24) is 4.98 Å². The highest BCUT2D eigenvalue weighted by molar-refractivity contribution is 9.10. The number of hydrazine groups is 1. The number of nitrogens with zero attached hydrogens (tertiary/aromatic N) is 1. The van der Waals surface area contributed by atoms with Crippen molar-refractivity contribution < 1.29 is 4.74 Å². The molecule has 1 aromatic heterocycles. The number of ether oxygens (including phenoxy) is 1. The maximum absolute atomic E-state index is 6.02. The van der Waals surface area contributed by atoms with Crippen LogP contribution in [0.15, 0.2) is 41.0 Å². The standard InChI is InChI=1S/C12H11BrClN3O/c13-9-2-3-10(14)11(5-9)18-7-8-1-4-12(17-15)16-6-8/h1-6H,7,15H2,(H,16,17). The van der Waals surface area contributed by atoms with Gasteiger partial charge in [-0.2, -0.15) is 0 Å². The Balaban J connectivity index is 2.04. The fourth-order valence-electron chi connectivity index (χ4n) is 1.34. The third kappa shape index (κ3) is 3.35. The predicted molar refractivity (Wildman–Crippen MR) is 75.5 cm³/mol. The topological polar surface area (TPSA) is 60.2 Å². The van der Waals surface area contributed by atoms with Crippen LogP contribution in [0.25, 0.3) is 0 Å². The second-order valence-electron chi connectivity index (χ2n) is 3.56. The van der Waals surface area contributed by atoms with Gasteiger partial charge in [-0.25, -0.2) is 10.8 Å². The molecular formula is C12H11BrClN3O. The van der Waals surface area contributed by atoms with Gasteiger partial charge in [0, 0.05) is 16.2 Å². The summed E-state index contributed by atoms with van der Waals surface area (Å²) < 4.78 is 6.54. The molecule has 6 heteroatoms. The van der Waals surface area contributed by atoms with E-state index in [2.05, 4.69) is 26.3 Å². The minimum absolute atomic E-state index is 0.397. The summed E-state index contributed by atoms with van der Waals surface area (Å²) in [5.74, 6) is 6.48. The minimum atomic E-state index is 0.397. The van der Waals surface area contributed by atoms with E-state index in [-0.39, 0.29) is 0 Å². The van der Waals surface area contributed by atoms with Crippen LogP contribution in [0.4, 0.5) is 5.82 Å². The van der Waals surface area contributed by atoms with Crippen LogP contribution in [0.3, 0.4) is 0 Å². The first-order chi connectivity index (χ1) is 8.69. The van der Waals surface area contributed by atoms with E-state index in [9.17, 15) is 0 Å². The molecular weight excluding hydrogens is 318 g/mol. The van der Waals surface area contributed by atoms with Crippen molar-refractivity contribution in [2.24, 2.45) is 5.84 Å². The summed E-state index contributed by atoms with van der Waals surface area (Å²) in [5, 5.41) is 0.575. The molecule has 0 bridgehead atoms. The molecule has 0 saturated carbocycles. The van der Waals surface area contributed by atoms with Crippen molar-refractivity contribution in [3.05, 3.63) is 51.6 Å². The molecule has 4 nitrogen and oxygen atoms in total. The highest BCUT2D eigenvalue weighted by Gasteiger charge is 2.03. The molecule has 0 atom stereocenters. The minimum Gasteiger partial charge on any atom is -0.487 e. The van der Waals surface area contributed by atoms with Gasteiger partial charge in [0.05, 0.1) is 5.02 Å². The smallest absolute Gasteiger partial charge is 0.139 e. The van der Waals surface area contributed by atoms with Gasteiger partial charge in [-0.3, -0.25) is 0 Å². The summed E-state index contributed by atoms with van der Waals surface area (Å²) in [6.45, 7) is 0.397. The molecule has 3 N–H and O–H groups in total. The zero-order valence-electron chi connectivity index (χ0n) is 9.36. The van der Waals surface area contributed by atoms with Gasteiger partial charge in [-0.15, -0.1) is 0 Å². The first-order valence-electron chi connectivity index (χ1n) is 5.18. The third-order valence-corrected chi connectivity index (χ3v) is 3.07. The van der Waals surface area contributed by atoms with E-state index < -0.39 is 0 Å². The van der Waals surface area contributed by atoms with Crippen LogP contribution in [0.1, 0.15) is 5.56 Å². The number of anilines is 1. The fourth-order valence-corrected chi connectivity index (χ4v) is 1.86. The van der Waals surface area contributed by atoms with E-state index in [0.29, 0.717) is 23.2 Å². The zero-order chi connectivity index (χ0) is 13.0. The molecule has 18 heavy (non-hydrogen) atoms. The van der Waals surface area contributed by atoms with Crippen LogP contribution in [0, 0.1) is 0 Å². The number of nitrogen functional groups attached to an aromatic ring is 1. The van der Waals surface area contributed by atoms with Crippen LogP contribution in [-0.2, 0) is 6.61 Å². The Morgan fingerprint density at radius 3 is 2.83 bits per heavy atom. The first-order valence-corrected chi connectivity index (χ1v) is 6.35. The average molecular weight is 329 g/mol. The highest BCUT2D eigenvalue weighted by Crippen LogP contribution is 2.28. The van der Waals surface area contributed by atoms with Crippen molar-refractivity contribution in [3.63, 3.8) is 0 Å². The summed E-state index contributed by atoms with van der Waals surface area (Å²) in [6.07, 6.45) is 1.70. The Morgan fingerprint density at radius 1 is 1.33 bits per heavy atom. The van der Waals surface area contributed by atoms with Gasteiger partial charge >= 0.3 is 0 Å². The maximum atomic E-state index is 6.02. The molecule has 94 valence electrons. The predicted octanol–water partition coefficient (Wildman–Crippen LogP) is 3.36. The van der Waals surface area contributed by atoms with Crippen molar-refractivity contribution in [2.45, 2.75) is 6.61 Å². The quantitative estimate of drug-likeness (QED) is 0.667. The van der Waals surface area contributed by atoms with Crippen molar-refractivity contribution in [3.8, 4) is 5.75 Å². The Kier molecular flexibility index (Phi) is 4.41. The van der Waals surface area contributed by atoms with E-state index >= 15 is 0 Å². The molecule has 1 aromatic carbocycles. The van der Waals surface area contributed by atoms with Gasteiger partial charge in [0.2, 0.25) is 0 Å². The Morgan fingerprint density at radius 2 is 2.17 bits per heavy atom. The van der Waals surface area contributed by atoms with Crippen LogP contribution in [-0.4, -0.2) is 4.98 Å². The van der Waals surface area contributed by atoms with Gasteiger partial charge in [0.15, 0.2) is 0 Å². The lowest BCUT2D eigenvalue weighted by Crippen LogP contribution is -2.08. The highest BCUT2D eigenvalue weighted by atomic mass is 79.9. The summed E-state index contributed by atoms with van der Waals surface area (Å²) in [5.41, 5.74) is 3.40. The summed E-state index contributed by atoms with van der Waals surface area (Å²) in [6, 6.07) is 9.12. The number of nitrogens with one attached hydrogen (secondary N) is 1. The summed E-state index contributed by atoms with van der Waals surface area (Å²) >= 11 is 9.39. The molecule has 2 rings (SSSR count). The summed E-state index contributed by atoms with van der Waals surface area (Å²) in [7, 11) is 0. The van der Waals surface area contributed by atoms with Gasteiger partial charge in [-0.1, -0.05) is 33.6 Å². The second-order valence-corrected chi connectivity index (χ2v) is 4.88. The van der Waals surface area contributed by atoms with Gasteiger partial charge < -0.3 is 10.2 Å². The number of benzene rings is 1. The molecule has 0 aliphatic rings. The lowest BCUT2D eigenvalue weighted by molar-refractivity contribution is 0.306. The third-order valence-electron chi connectivity index (χ3n) is 2.26. The van der Waals surface area contributed by atoms with Gasteiger partial charge in [0.25, 0.3) is 0 Å².